The Morgan fingerprint density at radius 1 is 1.07 bits per heavy atom. The molecule has 0 spiro atoms. The Balaban J connectivity index is 1.70. The quantitative estimate of drug-likeness (QED) is 0.767. The van der Waals surface area contributed by atoms with Gasteiger partial charge < -0.3 is 10.2 Å². The van der Waals surface area contributed by atoms with E-state index in [9.17, 15) is 31.1 Å². The number of amides is 1. The first-order chi connectivity index (χ1) is 13.4. The zero-order valence-electron chi connectivity index (χ0n) is 15.5. The predicted octanol–water partition coefficient (Wildman–Crippen LogP) is 2.97. The molecule has 1 saturated heterocycles. The SMILES string of the molecule is Cc1c(NCC2CCN(C(=O)C(F)(F)F)CC2)nn2c(C(F)(F)F)nnc2c1C. The topological polar surface area (TPSA) is 75.4 Å². The third-order valence-corrected chi connectivity index (χ3v) is 5.05. The molecular formula is C16H18F6N6O. The van der Waals surface area contributed by atoms with Gasteiger partial charge in [0.25, 0.3) is 5.82 Å². The summed E-state index contributed by atoms with van der Waals surface area (Å²) in [7, 11) is 0. The summed E-state index contributed by atoms with van der Waals surface area (Å²) in [5.74, 6) is -2.92. The van der Waals surface area contributed by atoms with Crippen LogP contribution in [0, 0.1) is 19.8 Å². The number of likely N-dealkylation sites (tertiary alicyclic amines) is 1. The molecule has 1 fully saturated rings. The van der Waals surface area contributed by atoms with Gasteiger partial charge in [-0.1, -0.05) is 0 Å². The molecule has 0 radical (unpaired) electrons. The van der Waals surface area contributed by atoms with Crippen LogP contribution in [0.5, 0.6) is 0 Å². The zero-order chi connectivity index (χ0) is 21.6. The maximum atomic E-state index is 13.1. The van der Waals surface area contributed by atoms with Gasteiger partial charge in [0, 0.05) is 25.2 Å². The molecule has 0 saturated carbocycles. The molecule has 0 aliphatic carbocycles. The van der Waals surface area contributed by atoms with Crippen LogP contribution in [0.4, 0.5) is 32.2 Å². The fourth-order valence-corrected chi connectivity index (χ4v) is 3.23. The van der Waals surface area contributed by atoms with Gasteiger partial charge in [0.1, 0.15) is 5.82 Å². The van der Waals surface area contributed by atoms with Crippen LogP contribution in [0.1, 0.15) is 29.8 Å². The van der Waals surface area contributed by atoms with E-state index in [4.69, 9.17) is 0 Å². The van der Waals surface area contributed by atoms with E-state index in [1.807, 2.05) is 0 Å². The van der Waals surface area contributed by atoms with Crippen molar-refractivity contribution in [1.29, 1.82) is 0 Å². The van der Waals surface area contributed by atoms with Crippen molar-refractivity contribution in [2.45, 2.75) is 39.0 Å². The lowest BCUT2D eigenvalue weighted by atomic mass is 9.96. The summed E-state index contributed by atoms with van der Waals surface area (Å²) in [6, 6.07) is 0. The van der Waals surface area contributed by atoms with E-state index in [-0.39, 0.29) is 30.5 Å². The molecule has 7 nitrogen and oxygen atoms in total. The van der Waals surface area contributed by atoms with Crippen molar-refractivity contribution in [1.82, 2.24) is 24.7 Å². The molecule has 1 aliphatic rings. The summed E-state index contributed by atoms with van der Waals surface area (Å²) < 4.78 is 77.4. The van der Waals surface area contributed by atoms with Gasteiger partial charge in [0.15, 0.2) is 5.65 Å². The Labute approximate surface area is 161 Å². The number of piperidine rings is 1. The van der Waals surface area contributed by atoms with Gasteiger partial charge in [-0.2, -0.15) is 30.9 Å². The highest BCUT2D eigenvalue weighted by atomic mass is 19.4. The molecular weight excluding hydrogens is 406 g/mol. The minimum Gasteiger partial charge on any atom is -0.368 e. The molecule has 3 heterocycles. The monoisotopic (exact) mass is 424 g/mol. The third kappa shape index (κ3) is 4.22. The smallest absolute Gasteiger partial charge is 0.368 e. The molecule has 13 heteroatoms. The van der Waals surface area contributed by atoms with Crippen LogP contribution in [0.2, 0.25) is 0 Å². The van der Waals surface area contributed by atoms with E-state index < -0.39 is 24.1 Å². The largest absolute Gasteiger partial charge is 0.471 e. The van der Waals surface area contributed by atoms with Crippen molar-refractivity contribution in [3.8, 4) is 0 Å². The first kappa shape index (κ1) is 21.1. The summed E-state index contributed by atoms with van der Waals surface area (Å²) in [5, 5.41) is 13.7. The molecule has 29 heavy (non-hydrogen) atoms. The highest BCUT2D eigenvalue weighted by molar-refractivity contribution is 5.81. The van der Waals surface area contributed by atoms with Crippen LogP contribution in [0.25, 0.3) is 5.65 Å². The van der Waals surface area contributed by atoms with Crippen molar-refractivity contribution in [3.63, 3.8) is 0 Å². The number of aromatic nitrogens is 4. The molecule has 0 unspecified atom stereocenters. The van der Waals surface area contributed by atoms with Gasteiger partial charge in [-0.25, -0.2) is 0 Å². The molecule has 1 aliphatic heterocycles. The van der Waals surface area contributed by atoms with Crippen molar-refractivity contribution < 1.29 is 31.1 Å². The number of rotatable bonds is 3. The lowest BCUT2D eigenvalue weighted by Crippen LogP contribution is -2.46. The number of nitrogens with one attached hydrogen (secondary N) is 1. The van der Waals surface area contributed by atoms with Gasteiger partial charge in [-0.05, 0) is 38.2 Å². The van der Waals surface area contributed by atoms with Gasteiger partial charge in [0.2, 0.25) is 0 Å². The van der Waals surface area contributed by atoms with E-state index in [0.717, 1.165) is 4.90 Å². The zero-order valence-corrected chi connectivity index (χ0v) is 15.5. The summed E-state index contributed by atoms with van der Waals surface area (Å²) in [6.07, 6.45) is -8.93. The Morgan fingerprint density at radius 3 is 2.24 bits per heavy atom. The van der Waals surface area contributed by atoms with E-state index in [1.165, 1.54) is 0 Å². The van der Waals surface area contributed by atoms with Crippen LogP contribution in [-0.4, -0.2) is 56.4 Å². The average molecular weight is 424 g/mol. The average Bonchev–Trinajstić information content (AvgIpc) is 3.07. The molecule has 1 amide bonds. The number of anilines is 1. The molecule has 2 aromatic heterocycles. The van der Waals surface area contributed by atoms with E-state index in [2.05, 4.69) is 20.6 Å². The number of fused-ring (bicyclic) bond motifs is 1. The maximum absolute atomic E-state index is 13.1. The summed E-state index contributed by atoms with van der Waals surface area (Å²) in [5.41, 5.74) is 1.08. The maximum Gasteiger partial charge on any atom is 0.471 e. The van der Waals surface area contributed by atoms with Crippen LogP contribution >= 0.6 is 0 Å². The normalized spacial score (nSPS) is 16.5. The highest BCUT2D eigenvalue weighted by Gasteiger charge is 2.43. The number of carbonyl (C=O) groups is 1. The van der Waals surface area contributed by atoms with Crippen molar-refractivity contribution in [2.75, 3.05) is 25.0 Å². The lowest BCUT2D eigenvalue weighted by Gasteiger charge is -2.32. The number of carbonyl (C=O) groups excluding carboxylic acids is 1. The minimum absolute atomic E-state index is 0.000605. The van der Waals surface area contributed by atoms with Gasteiger partial charge in [-0.15, -0.1) is 15.3 Å². The van der Waals surface area contributed by atoms with Crippen LogP contribution in [0.3, 0.4) is 0 Å². The van der Waals surface area contributed by atoms with Crippen molar-refractivity contribution >= 4 is 17.4 Å². The predicted molar refractivity (Wildman–Crippen MR) is 89.1 cm³/mol. The first-order valence-electron chi connectivity index (χ1n) is 8.79. The fourth-order valence-electron chi connectivity index (χ4n) is 3.23. The Kier molecular flexibility index (Phi) is 5.34. The Morgan fingerprint density at radius 2 is 1.69 bits per heavy atom. The summed E-state index contributed by atoms with van der Waals surface area (Å²) in [6.45, 7) is 3.53. The van der Waals surface area contributed by atoms with Crippen LogP contribution in [0.15, 0.2) is 0 Å². The van der Waals surface area contributed by atoms with Gasteiger partial charge in [0.05, 0.1) is 0 Å². The summed E-state index contributed by atoms with van der Waals surface area (Å²) in [4.78, 5) is 12.0. The first-order valence-corrected chi connectivity index (χ1v) is 8.79. The molecule has 2 aromatic rings. The molecule has 160 valence electrons. The van der Waals surface area contributed by atoms with Gasteiger partial charge >= 0.3 is 18.3 Å². The third-order valence-electron chi connectivity index (χ3n) is 5.05. The lowest BCUT2D eigenvalue weighted by molar-refractivity contribution is -0.186. The second-order valence-electron chi connectivity index (χ2n) is 6.97. The number of aryl methyl sites for hydroxylation is 1. The molecule has 0 aromatic carbocycles. The Hall–Kier alpha value is -2.60. The standard InChI is InChI=1S/C16H18F6N6O/c1-8-9(2)12-24-25-13(15(17,18)19)28(12)26-11(8)23-7-10-3-5-27(6-4-10)14(29)16(20,21)22/h10H,3-7H2,1-2H3,(H,23,26). The van der Waals surface area contributed by atoms with E-state index in [1.54, 1.807) is 13.8 Å². The molecule has 0 atom stereocenters. The minimum atomic E-state index is -4.89. The number of hydrogen-bond acceptors (Lipinski definition) is 5. The van der Waals surface area contributed by atoms with Crippen LogP contribution in [-0.2, 0) is 11.0 Å². The number of hydrogen-bond donors (Lipinski definition) is 1. The number of halogens is 6. The summed E-state index contributed by atoms with van der Waals surface area (Å²) >= 11 is 0. The van der Waals surface area contributed by atoms with E-state index in [0.29, 0.717) is 35.0 Å². The molecule has 3 rings (SSSR count). The number of alkyl halides is 6. The van der Waals surface area contributed by atoms with Crippen LogP contribution < -0.4 is 5.32 Å². The highest BCUT2D eigenvalue weighted by Crippen LogP contribution is 2.30. The molecule has 0 bridgehead atoms. The fraction of sp³-hybridized carbons (Fsp3) is 0.625. The second-order valence-corrected chi connectivity index (χ2v) is 6.97. The Bertz CT molecular complexity index is 913. The second kappa shape index (κ2) is 7.34. The number of nitrogens with zero attached hydrogens (tertiary/aromatic N) is 5. The van der Waals surface area contributed by atoms with E-state index >= 15 is 0 Å². The van der Waals surface area contributed by atoms with Crippen molar-refractivity contribution in [3.05, 3.63) is 17.0 Å². The molecule has 1 N–H and O–H groups in total. The van der Waals surface area contributed by atoms with Gasteiger partial charge in [-0.3, -0.25) is 4.79 Å². The van der Waals surface area contributed by atoms with Crippen molar-refractivity contribution in [2.24, 2.45) is 5.92 Å².